The van der Waals surface area contributed by atoms with Gasteiger partial charge in [0.05, 0.1) is 61.3 Å². The van der Waals surface area contributed by atoms with E-state index < -0.39 is 0 Å². The quantitative estimate of drug-likeness (QED) is 0.108. The molecule has 0 aliphatic rings. The van der Waals surface area contributed by atoms with E-state index in [0.717, 1.165) is 48.5 Å². The van der Waals surface area contributed by atoms with E-state index in [1.165, 1.54) is 23.5 Å². The number of nitrogens with one attached hydrogen (secondary N) is 2. The Bertz CT molecular complexity index is 3060. The van der Waals surface area contributed by atoms with E-state index in [9.17, 15) is 4.39 Å². The molecule has 9 rings (SSSR count). The van der Waals surface area contributed by atoms with Crippen molar-refractivity contribution < 1.29 is 18.3 Å². The van der Waals surface area contributed by atoms with Crippen molar-refractivity contribution in [2.24, 2.45) is 7.05 Å². The summed E-state index contributed by atoms with van der Waals surface area (Å²) in [6.07, 6.45) is 0.342. The molecule has 5 heterocycles. The summed E-state index contributed by atoms with van der Waals surface area (Å²) >= 11 is 3.08. The highest BCUT2D eigenvalue weighted by atomic mass is 32.1. The largest absolute Gasteiger partial charge is 0.497 e. The van der Waals surface area contributed by atoms with E-state index in [0.29, 0.717) is 70.3 Å². The van der Waals surface area contributed by atoms with Gasteiger partial charge in [-0.25, -0.2) is 38.7 Å². The van der Waals surface area contributed by atoms with Crippen molar-refractivity contribution in [3.63, 3.8) is 0 Å². The first-order valence-corrected chi connectivity index (χ1v) is 21.0. The van der Waals surface area contributed by atoms with Crippen LogP contribution in [0.15, 0.2) is 96.0 Å². The van der Waals surface area contributed by atoms with Crippen LogP contribution < -0.4 is 20.1 Å². The second-order valence-corrected chi connectivity index (χ2v) is 16.2. The lowest BCUT2D eigenvalue weighted by Gasteiger charge is -2.13. The summed E-state index contributed by atoms with van der Waals surface area (Å²) in [4.78, 5) is 28.6. The molecular formula is C45H38F2N10O2S2. The summed E-state index contributed by atoms with van der Waals surface area (Å²) in [6, 6.07) is 25.2. The van der Waals surface area contributed by atoms with E-state index in [1.807, 2.05) is 62.2 Å². The Hall–Kier alpha value is -6.91. The number of benzene rings is 4. The van der Waals surface area contributed by atoms with Crippen LogP contribution in [-0.4, -0.2) is 46.8 Å². The van der Waals surface area contributed by atoms with Gasteiger partial charge in [0.25, 0.3) is 0 Å². The van der Waals surface area contributed by atoms with Crippen molar-refractivity contribution in [3.8, 4) is 34.0 Å². The molecular weight excluding hydrogens is 815 g/mol. The van der Waals surface area contributed by atoms with Gasteiger partial charge in [-0.2, -0.15) is 5.10 Å². The third-order valence-corrected chi connectivity index (χ3v) is 11.6. The smallest absolute Gasteiger partial charge is 0.135 e. The lowest BCUT2D eigenvalue weighted by molar-refractivity contribution is 0.294. The maximum atomic E-state index is 15.3. The van der Waals surface area contributed by atoms with Crippen LogP contribution in [0.1, 0.15) is 39.7 Å². The third kappa shape index (κ3) is 8.86. The number of aromatic nitrogens is 8. The molecule has 16 heteroatoms. The van der Waals surface area contributed by atoms with Gasteiger partial charge in [0.15, 0.2) is 0 Å². The number of fused-ring (bicyclic) bond motifs is 2. The number of hydrogen-bond acceptors (Lipinski definition) is 13. The maximum absolute atomic E-state index is 15.3. The molecule has 5 aromatic heterocycles. The number of halogens is 2. The van der Waals surface area contributed by atoms with Crippen LogP contribution in [0.25, 0.3) is 42.9 Å². The molecule has 0 aliphatic carbocycles. The Morgan fingerprint density at radius 3 is 2.11 bits per heavy atom. The molecule has 306 valence electrons. The first kappa shape index (κ1) is 39.5. The summed E-state index contributed by atoms with van der Waals surface area (Å²) in [7, 11) is 3.42. The molecule has 12 nitrogen and oxygen atoms in total. The molecule has 0 spiro atoms. The van der Waals surface area contributed by atoms with E-state index >= 15 is 4.39 Å². The maximum Gasteiger partial charge on any atom is 0.135 e. The highest BCUT2D eigenvalue weighted by Gasteiger charge is 2.17. The van der Waals surface area contributed by atoms with Crippen LogP contribution in [0.2, 0.25) is 0 Å². The van der Waals surface area contributed by atoms with Gasteiger partial charge in [0.1, 0.15) is 53.0 Å². The lowest BCUT2D eigenvalue weighted by atomic mass is 10.0. The number of rotatable bonds is 14. The van der Waals surface area contributed by atoms with E-state index in [4.69, 9.17) is 29.4 Å². The summed E-state index contributed by atoms with van der Waals surface area (Å²) < 4.78 is 45.0. The van der Waals surface area contributed by atoms with Crippen molar-refractivity contribution >= 4 is 54.7 Å². The van der Waals surface area contributed by atoms with Crippen LogP contribution in [0.5, 0.6) is 11.5 Å². The molecule has 0 fully saturated rings. The number of anilines is 2. The normalized spacial score (nSPS) is 11.4. The molecule has 61 heavy (non-hydrogen) atoms. The number of ether oxygens (including phenoxy) is 2. The number of aryl methyl sites for hydroxylation is 3. The Balaban J connectivity index is 1.02. The Kier molecular flexibility index (Phi) is 11.0. The molecule has 2 N–H and O–H groups in total. The van der Waals surface area contributed by atoms with Gasteiger partial charge in [-0.05, 0) is 86.1 Å². The SMILES string of the molecule is COc1ccc(F)c(CNc2cc(-c3cc(Cc4nc(NCc5cc(OCc6cc(C)nn6C)ccc5F)cc(-c5ccc6ncsc6c5)n4)c4ncsc4c3)nc(C)n2)c1. The number of thiazole rings is 2. The lowest BCUT2D eigenvalue weighted by Crippen LogP contribution is -2.08. The highest BCUT2D eigenvalue weighted by Crippen LogP contribution is 2.33. The van der Waals surface area contributed by atoms with Gasteiger partial charge in [-0.1, -0.05) is 6.07 Å². The fourth-order valence-electron chi connectivity index (χ4n) is 7.04. The zero-order valence-electron chi connectivity index (χ0n) is 33.5. The molecule has 0 radical (unpaired) electrons. The Morgan fingerprint density at radius 1 is 0.672 bits per heavy atom. The average Bonchev–Trinajstić information content (AvgIpc) is 4.02. The second kappa shape index (κ2) is 17.0. The van der Waals surface area contributed by atoms with Crippen LogP contribution in [-0.2, 0) is 33.2 Å². The van der Waals surface area contributed by atoms with Crippen LogP contribution in [0.4, 0.5) is 20.4 Å². The van der Waals surface area contributed by atoms with Gasteiger partial charge in [0, 0.05) is 60.9 Å². The van der Waals surface area contributed by atoms with Crippen LogP contribution in [0, 0.1) is 25.5 Å². The molecule has 9 aromatic rings. The summed E-state index contributed by atoms with van der Waals surface area (Å²) in [5, 5.41) is 11.0. The van der Waals surface area contributed by atoms with Gasteiger partial charge in [0.2, 0.25) is 0 Å². The van der Waals surface area contributed by atoms with Crippen molar-refractivity contribution in [1.29, 1.82) is 0 Å². The molecule has 4 aromatic carbocycles. The van der Waals surface area contributed by atoms with E-state index in [1.54, 1.807) is 47.4 Å². The number of methoxy groups -OCH3 is 1. The average molecular weight is 853 g/mol. The molecule has 0 saturated carbocycles. The first-order valence-electron chi connectivity index (χ1n) is 19.3. The Labute approximate surface area is 357 Å². The molecule has 0 unspecified atom stereocenters. The molecule has 0 aliphatic heterocycles. The van der Waals surface area contributed by atoms with Crippen LogP contribution in [0.3, 0.4) is 0 Å². The van der Waals surface area contributed by atoms with Crippen molar-refractivity contribution in [3.05, 3.63) is 147 Å². The van der Waals surface area contributed by atoms with Crippen molar-refractivity contribution in [2.75, 3.05) is 17.7 Å². The monoisotopic (exact) mass is 852 g/mol. The fourth-order valence-corrected chi connectivity index (χ4v) is 8.52. The minimum Gasteiger partial charge on any atom is -0.497 e. The first-order chi connectivity index (χ1) is 29.6. The topological polar surface area (TPSA) is 138 Å². The zero-order valence-corrected chi connectivity index (χ0v) is 35.2. The predicted octanol–water partition coefficient (Wildman–Crippen LogP) is 9.85. The van der Waals surface area contributed by atoms with E-state index in [-0.39, 0.29) is 24.7 Å². The Morgan fingerprint density at radius 2 is 1.36 bits per heavy atom. The predicted molar refractivity (Wildman–Crippen MR) is 235 cm³/mol. The summed E-state index contributed by atoms with van der Waals surface area (Å²) in [5.74, 6) is 2.58. The molecule has 0 saturated heterocycles. The molecule has 0 atom stereocenters. The van der Waals surface area contributed by atoms with Crippen LogP contribution >= 0.6 is 22.7 Å². The second-order valence-electron chi connectivity index (χ2n) is 14.4. The number of hydrogen-bond donors (Lipinski definition) is 2. The standard InChI is InChI=1S/C45H38F2N10O2S2/c1-25-11-32(57(3)56-25)22-59-34-7-9-36(47)31(14-34)21-49-43-18-38(27-5-10-37-40(15-27)60-23-50-37)54-44(55-43)17-29-12-28(16-41-45(29)51-24-61-41)39-19-42(53-26(2)52-39)48-20-30-13-33(58-4)6-8-35(30)46/h5-16,18-19,23-24H,17,20-22H2,1-4H3,(H,48,52,53)(H,49,54,55). The molecule has 0 bridgehead atoms. The van der Waals surface area contributed by atoms with E-state index in [2.05, 4.69) is 43.9 Å². The van der Waals surface area contributed by atoms with Gasteiger partial charge < -0.3 is 20.1 Å². The minimum atomic E-state index is -0.366. The highest BCUT2D eigenvalue weighted by molar-refractivity contribution is 7.17. The summed E-state index contributed by atoms with van der Waals surface area (Å²) in [5.41, 5.74) is 12.1. The van der Waals surface area contributed by atoms with Gasteiger partial charge in [-0.3, -0.25) is 4.68 Å². The third-order valence-electron chi connectivity index (χ3n) is 10.1. The fraction of sp³-hybridized carbons (Fsp3) is 0.178. The van der Waals surface area contributed by atoms with Gasteiger partial charge >= 0.3 is 0 Å². The van der Waals surface area contributed by atoms with Crippen molar-refractivity contribution in [1.82, 2.24) is 39.7 Å². The number of nitrogens with zero attached hydrogens (tertiary/aromatic N) is 8. The molecule has 0 amide bonds. The minimum absolute atomic E-state index is 0.150. The zero-order chi connectivity index (χ0) is 42.0. The van der Waals surface area contributed by atoms with Gasteiger partial charge in [-0.15, -0.1) is 22.7 Å². The van der Waals surface area contributed by atoms with Crippen molar-refractivity contribution in [2.45, 2.75) is 40.0 Å². The summed E-state index contributed by atoms with van der Waals surface area (Å²) in [6.45, 7) is 4.40.